The van der Waals surface area contributed by atoms with Crippen LogP contribution in [0.4, 0.5) is 5.69 Å². The molecule has 8 heteroatoms. The number of halogens is 1. The van der Waals surface area contributed by atoms with Crippen LogP contribution in [-0.2, 0) is 16.0 Å². The van der Waals surface area contributed by atoms with Gasteiger partial charge in [-0.3, -0.25) is 9.59 Å². The number of carbonyl (C=O) groups excluding carboxylic acids is 2. The van der Waals surface area contributed by atoms with Crippen molar-refractivity contribution in [2.75, 3.05) is 12.4 Å². The Morgan fingerprint density at radius 2 is 2.03 bits per heavy atom. The van der Waals surface area contributed by atoms with Crippen LogP contribution in [0.15, 0.2) is 58.6 Å². The molecule has 2 aromatic carbocycles. The number of rotatable bonds is 8. The molecule has 152 valence electrons. The molecule has 0 aliphatic heterocycles. The van der Waals surface area contributed by atoms with E-state index in [2.05, 4.69) is 38.4 Å². The van der Waals surface area contributed by atoms with Crippen molar-refractivity contribution >= 4 is 39.6 Å². The maximum atomic E-state index is 12.3. The van der Waals surface area contributed by atoms with Crippen LogP contribution >= 0.6 is 15.9 Å². The first-order valence-corrected chi connectivity index (χ1v) is 9.55. The molecule has 0 bridgehead atoms. The molecule has 0 fully saturated rings. The number of amides is 2. The normalized spacial score (nSPS) is 11.7. The molecule has 1 unspecified atom stereocenters. The maximum absolute atomic E-state index is 12.3. The lowest BCUT2D eigenvalue weighted by Crippen LogP contribution is -2.34. The molecule has 0 aromatic heterocycles. The molecular formula is C21H22BrN3O4. The Kier molecular flexibility index (Phi) is 7.97. The summed E-state index contributed by atoms with van der Waals surface area (Å²) in [6.07, 6.45) is 3.51. The Labute approximate surface area is 177 Å². The molecule has 29 heavy (non-hydrogen) atoms. The van der Waals surface area contributed by atoms with E-state index in [0.29, 0.717) is 29.0 Å². The highest BCUT2D eigenvalue weighted by atomic mass is 79.9. The number of nitrogens with zero attached hydrogens (tertiary/aromatic N) is 1. The maximum Gasteiger partial charge on any atom is 0.252 e. The van der Waals surface area contributed by atoms with Gasteiger partial charge in [-0.1, -0.05) is 18.2 Å². The zero-order valence-corrected chi connectivity index (χ0v) is 17.7. The van der Waals surface area contributed by atoms with Crippen molar-refractivity contribution in [3.05, 3.63) is 64.7 Å². The third-order valence-electron chi connectivity index (χ3n) is 4.07. The number of aromatic hydroxyl groups is 1. The summed E-state index contributed by atoms with van der Waals surface area (Å²) in [5, 5.41) is 16.7. The first-order valence-electron chi connectivity index (χ1n) is 8.76. The van der Waals surface area contributed by atoms with E-state index >= 15 is 0 Å². The monoisotopic (exact) mass is 459 g/mol. The summed E-state index contributed by atoms with van der Waals surface area (Å²) in [6.45, 7) is 5.14. The van der Waals surface area contributed by atoms with E-state index in [1.807, 2.05) is 6.07 Å². The Balaban J connectivity index is 2.03. The second-order valence-electron chi connectivity index (χ2n) is 6.15. The van der Waals surface area contributed by atoms with Crippen LogP contribution in [0.25, 0.3) is 0 Å². The number of anilines is 1. The Bertz CT molecular complexity index is 944. The fourth-order valence-electron chi connectivity index (χ4n) is 2.42. The lowest BCUT2D eigenvalue weighted by Gasteiger charge is -2.12. The Hall–Kier alpha value is -3.13. The van der Waals surface area contributed by atoms with Gasteiger partial charge in [0.2, 0.25) is 5.91 Å². The van der Waals surface area contributed by atoms with E-state index in [9.17, 15) is 14.7 Å². The summed E-state index contributed by atoms with van der Waals surface area (Å²) in [7, 11) is 1.45. The van der Waals surface area contributed by atoms with Crippen LogP contribution in [0.3, 0.4) is 0 Å². The predicted molar refractivity (Wildman–Crippen MR) is 116 cm³/mol. The van der Waals surface area contributed by atoms with Crippen molar-refractivity contribution in [2.24, 2.45) is 11.0 Å². The summed E-state index contributed by atoms with van der Waals surface area (Å²) < 4.78 is 5.86. The first kappa shape index (κ1) is 22.2. The average Bonchev–Trinajstić information content (AvgIpc) is 2.71. The van der Waals surface area contributed by atoms with Crippen molar-refractivity contribution in [1.82, 2.24) is 5.43 Å². The van der Waals surface area contributed by atoms with Gasteiger partial charge in [0.25, 0.3) is 5.91 Å². The van der Waals surface area contributed by atoms with Gasteiger partial charge in [-0.15, -0.1) is 6.58 Å². The molecule has 0 radical (unpaired) electrons. The van der Waals surface area contributed by atoms with Gasteiger partial charge in [0.05, 0.1) is 19.0 Å². The summed E-state index contributed by atoms with van der Waals surface area (Å²) >= 11 is 3.34. The van der Waals surface area contributed by atoms with Gasteiger partial charge < -0.3 is 15.2 Å². The van der Waals surface area contributed by atoms with E-state index in [-0.39, 0.29) is 5.75 Å². The molecule has 2 rings (SSSR count). The van der Waals surface area contributed by atoms with Gasteiger partial charge in [-0.2, -0.15) is 5.10 Å². The molecule has 0 spiro atoms. The van der Waals surface area contributed by atoms with Crippen molar-refractivity contribution in [3.63, 3.8) is 0 Å². The van der Waals surface area contributed by atoms with Gasteiger partial charge in [0, 0.05) is 10.0 Å². The lowest BCUT2D eigenvalue weighted by molar-refractivity contribution is -0.131. The molecule has 2 aromatic rings. The SMILES string of the molecule is C=CCc1cc(C=NNC(=O)C(C)C(=O)Nc2ccccc2Br)cc(OC)c1O. The topological polar surface area (TPSA) is 100 Å². The van der Waals surface area contributed by atoms with E-state index in [1.54, 1.807) is 36.4 Å². The van der Waals surface area contributed by atoms with Crippen molar-refractivity contribution < 1.29 is 19.4 Å². The highest BCUT2D eigenvalue weighted by Crippen LogP contribution is 2.31. The van der Waals surface area contributed by atoms with Crippen LogP contribution in [0.1, 0.15) is 18.1 Å². The molecule has 7 nitrogen and oxygen atoms in total. The standard InChI is InChI=1S/C21H22BrN3O4/c1-4-7-15-10-14(11-18(29-3)19(15)26)12-23-25-21(28)13(2)20(27)24-17-9-6-5-8-16(17)22/h4-6,8-13,26H,1,7H2,2-3H3,(H,24,27)(H,25,28). The van der Waals surface area contributed by atoms with Gasteiger partial charge in [-0.05, 0) is 59.1 Å². The van der Waals surface area contributed by atoms with Crippen LogP contribution in [-0.4, -0.2) is 30.2 Å². The van der Waals surface area contributed by atoms with Crippen molar-refractivity contribution in [3.8, 4) is 11.5 Å². The van der Waals surface area contributed by atoms with Crippen LogP contribution in [0.5, 0.6) is 11.5 Å². The number of phenols is 1. The third-order valence-corrected chi connectivity index (χ3v) is 4.76. The summed E-state index contributed by atoms with van der Waals surface area (Å²) in [4.78, 5) is 24.5. The number of hydrazone groups is 1. The largest absolute Gasteiger partial charge is 0.504 e. The predicted octanol–water partition coefficient (Wildman–Crippen LogP) is 3.62. The van der Waals surface area contributed by atoms with E-state index in [4.69, 9.17) is 4.74 Å². The lowest BCUT2D eigenvalue weighted by atomic mass is 10.1. The van der Waals surface area contributed by atoms with E-state index in [0.717, 1.165) is 4.47 Å². The molecule has 0 saturated heterocycles. The quantitative estimate of drug-likeness (QED) is 0.243. The highest BCUT2D eigenvalue weighted by molar-refractivity contribution is 9.10. The van der Waals surface area contributed by atoms with E-state index in [1.165, 1.54) is 20.2 Å². The number of hydrogen-bond donors (Lipinski definition) is 3. The smallest absolute Gasteiger partial charge is 0.252 e. The van der Waals surface area contributed by atoms with E-state index < -0.39 is 17.7 Å². The van der Waals surface area contributed by atoms with Gasteiger partial charge in [-0.25, -0.2) is 5.43 Å². The van der Waals surface area contributed by atoms with Crippen LogP contribution in [0, 0.1) is 5.92 Å². The fraction of sp³-hybridized carbons (Fsp3) is 0.190. The summed E-state index contributed by atoms with van der Waals surface area (Å²) in [6, 6.07) is 10.4. The zero-order valence-electron chi connectivity index (χ0n) is 16.1. The van der Waals surface area contributed by atoms with Crippen LogP contribution < -0.4 is 15.5 Å². The first-order chi connectivity index (χ1) is 13.9. The van der Waals surface area contributed by atoms with Crippen LogP contribution in [0.2, 0.25) is 0 Å². The molecule has 0 aliphatic rings. The molecule has 2 amide bonds. The fourth-order valence-corrected chi connectivity index (χ4v) is 2.80. The summed E-state index contributed by atoms with van der Waals surface area (Å²) in [5.74, 6) is -1.64. The molecule has 0 saturated carbocycles. The van der Waals surface area contributed by atoms with Gasteiger partial charge in [0.1, 0.15) is 5.92 Å². The number of carbonyl (C=O) groups is 2. The number of methoxy groups -OCH3 is 1. The third kappa shape index (κ3) is 5.92. The number of benzene rings is 2. The minimum Gasteiger partial charge on any atom is -0.504 e. The minimum absolute atomic E-state index is 0.0333. The average molecular weight is 460 g/mol. The van der Waals surface area contributed by atoms with Crippen molar-refractivity contribution in [2.45, 2.75) is 13.3 Å². The number of ether oxygens (including phenoxy) is 1. The second kappa shape index (κ2) is 10.4. The van der Waals surface area contributed by atoms with Crippen molar-refractivity contribution in [1.29, 1.82) is 0 Å². The molecule has 3 N–H and O–H groups in total. The Morgan fingerprint density at radius 3 is 2.69 bits per heavy atom. The van der Waals surface area contributed by atoms with Gasteiger partial charge in [0.15, 0.2) is 11.5 Å². The number of nitrogens with one attached hydrogen (secondary N) is 2. The number of hydrogen-bond acceptors (Lipinski definition) is 5. The molecule has 0 aliphatic carbocycles. The highest BCUT2D eigenvalue weighted by Gasteiger charge is 2.21. The molecule has 1 atom stereocenters. The number of allylic oxidation sites excluding steroid dienone is 1. The summed E-state index contributed by atoms with van der Waals surface area (Å²) in [5.41, 5.74) is 4.16. The second-order valence-corrected chi connectivity index (χ2v) is 7.00. The molecule has 0 heterocycles. The van der Waals surface area contributed by atoms with Gasteiger partial charge >= 0.3 is 0 Å². The zero-order chi connectivity index (χ0) is 21.4. The number of para-hydroxylation sites is 1. The Morgan fingerprint density at radius 1 is 1.31 bits per heavy atom. The minimum atomic E-state index is -0.954. The molecular weight excluding hydrogens is 438 g/mol. The number of phenolic OH excluding ortho intramolecular Hbond substituents is 1.